The Hall–Kier alpha value is -1.62. The Bertz CT molecular complexity index is 382. The van der Waals surface area contributed by atoms with Crippen molar-refractivity contribution in [1.82, 2.24) is 5.32 Å². The SMILES string of the molecule is COc1ccc(F)cc1CCNC(=O)CCO. The fraction of sp³-hybridized carbons (Fsp3) is 0.417. The molecule has 0 aromatic heterocycles. The van der Waals surface area contributed by atoms with Gasteiger partial charge in [-0.2, -0.15) is 0 Å². The Morgan fingerprint density at radius 2 is 2.29 bits per heavy atom. The molecule has 0 aliphatic heterocycles. The Balaban J connectivity index is 2.50. The number of hydrogen-bond donors (Lipinski definition) is 2. The van der Waals surface area contributed by atoms with Crippen LogP contribution in [0.25, 0.3) is 0 Å². The molecule has 1 aromatic carbocycles. The molecule has 0 atom stereocenters. The van der Waals surface area contributed by atoms with E-state index in [9.17, 15) is 9.18 Å². The summed E-state index contributed by atoms with van der Waals surface area (Å²) >= 11 is 0. The standard InChI is InChI=1S/C12H16FNO3/c1-17-11-3-2-10(13)8-9(11)4-6-14-12(16)5-7-15/h2-3,8,15H,4-7H2,1H3,(H,14,16). The van der Waals surface area contributed by atoms with E-state index >= 15 is 0 Å². The average molecular weight is 241 g/mol. The first-order valence-electron chi connectivity index (χ1n) is 5.37. The summed E-state index contributed by atoms with van der Waals surface area (Å²) in [5.74, 6) is 0.0492. The summed E-state index contributed by atoms with van der Waals surface area (Å²) in [5.41, 5.74) is 0.705. The minimum absolute atomic E-state index is 0.0836. The van der Waals surface area contributed by atoms with Crippen LogP contribution >= 0.6 is 0 Å². The van der Waals surface area contributed by atoms with E-state index in [1.54, 1.807) is 6.07 Å². The van der Waals surface area contributed by atoms with Gasteiger partial charge in [0.2, 0.25) is 5.91 Å². The van der Waals surface area contributed by atoms with E-state index in [1.807, 2.05) is 0 Å². The molecule has 94 valence electrons. The number of amides is 1. The molecule has 0 heterocycles. The molecule has 4 nitrogen and oxygen atoms in total. The van der Waals surface area contributed by atoms with Crippen molar-refractivity contribution >= 4 is 5.91 Å². The van der Waals surface area contributed by atoms with Crippen LogP contribution in [0.15, 0.2) is 18.2 Å². The molecule has 0 radical (unpaired) electrons. The second-order valence-corrected chi connectivity index (χ2v) is 3.53. The molecule has 1 amide bonds. The highest BCUT2D eigenvalue weighted by Gasteiger charge is 2.05. The lowest BCUT2D eigenvalue weighted by Crippen LogP contribution is -2.26. The van der Waals surface area contributed by atoms with Crippen molar-refractivity contribution in [3.8, 4) is 5.75 Å². The number of benzene rings is 1. The Morgan fingerprint density at radius 1 is 1.53 bits per heavy atom. The molecule has 0 aliphatic carbocycles. The van der Waals surface area contributed by atoms with Gasteiger partial charge in [0.15, 0.2) is 0 Å². The number of hydrogen-bond acceptors (Lipinski definition) is 3. The van der Waals surface area contributed by atoms with Gasteiger partial charge in [-0.15, -0.1) is 0 Å². The molecule has 0 spiro atoms. The van der Waals surface area contributed by atoms with Crippen LogP contribution in [0.4, 0.5) is 4.39 Å². The average Bonchev–Trinajstić information content (AvgIpc) is 2.30. The zero-order valence-corrected chi connectivity index (χ0v) is 9.70. The molecule has 1 aromatic rings. The quantitative estimate of drug-likeness (QED) is 0.777. The summed E-state index contributed by atoms with van der Waals surface area (Å²) < 4.78 is 18.1. The largest absolute Gasteiger partial charge is 0.496 e. The Kier molecular flexibility index (Phi) is 5.42. The first-order chi connectivity index (χ1) is 8.17. The molecule has 17 heavy (non-hydrogen) atoms. The molecule has 0 fully saturated rings. The Labute approximate surface area is 99.4 Å². The van der Waals surface area contributed by atoms with Crippen molar-refractivity contribution in [2.75, 3.05) is 20.3 Å². The smallest absolute Gasteiger partial charge is 0.222 e. The van der Waals surface area contributed by atoms with Crippen molar-refractivity contribution in [3.05, 3.63) is 29.6 Å². The predicted molar refractivity (Wildman–Crippen MR) is 61.4 cm³/mol. The molecular formula is C12H16FNO3. The van der Waals surface area contributed by atoms with E-state index in [0.29, 0.717) is 24.3 Å². The Morgan fingerprint density at radius 3 is 2.94 bits per heavy atom. The van der Waals surface area contributed by atoms with Crippen LogP contribution in [0.5, 0.6) is 5.75 Å². The number of carbonyl (C=O) groups is 1. The minimum Gasteiger partial charge on any atom is -0.496 e. The highest BCUT2D eigenvalue weighted by atomic mass is 19.1. The fourth-order valence-corrected chi connectivity index (χ4v) is 1.47. The number of methoxy groups -OCH3 is 1. The summed E-state index contributed by atoms with van der Waals surface area (Å²) in [4.78, 5) is 11.1. The van der Waals surface area contributed by atoms with E-state index in [2.05, 4.69) is 5.32 Å². The van der Waals surface area contributed by atoms with Gasteiger partial charge < -0.3 is 15.2 Å². The third-order valence-corrected chi connectivity index (χ3v) is 2.30. The summed E-state index contributed by atoms with van der Waals surface area (Å²) in [6, 6.07) is 4.27. The van der Waals surface area contributed by atoms with Crippen LogP contribution in [0, 0.1) is 5.82 Å². The molecule has 0 aliphatic rings. The van der Waals surface area contributed by atoms with Crippen LogP contribution in [0.1, 0.15) is 12.0 Å². The normalized spacial score (nSPS) is 10.1. The summed E-state index contributed by atoms with van der Waals surface area (Å²) in [6.07, 6.45) is 0.568. The molecule has 0 saturated heterocycles. The number of rotatable bonds is 6. The molecule has 0 saturated carbocycles. The van der Waals surface area contributed by atoms with Gasteiger partial charge in [0.25, 0.3) is 0 Å². The maximum atomic E-state index is 13.0. The number of nitrogens with one attached hydrogen (secondary N) is 1. The van der Waals surface area contributed by atoms with Gasteiger partial charge in [-0.3, -0.25) is 4.79 Å². The van der Waals surface area contributed by atoms with Crippen LogP contribution in [-0.2, 0) is 11.2 Å². The van der Waals surface area contributed by atoms with Gasteiger partial charge in [0, 0.05) is 13.0 Å². The van der Waals surface area contributed by atoms with E-state index < -0.39 is 0 Å². The maximum Gasteiger partial charge on any atom is 0.222 e. The zero-order chi connectivity index (χ0) is 12.7. The van der Waals surface area contributed by atoms with E-state index in [1.165, 1.54) is 19.2 Å². The second kappa shape index (κ2) is 6.85. The van der Waals surface area contributed by atoms with Gasteiger partial charge in [0.1, 0.15) is 11.6 Å². The summed E-state index contributed by atoms with van der Waals surface area (Å²) in [5, 5.41) is 11.2. The molecule has 1 rings (SSSR count). The van der Waals surface area contributed by atoms with Crippen LogP contribution in [0.3, 0.4) is 0 Å². The van der Waals surface area contributed by atoms with Crippen LogP contribution < -0.4 is 10.1 Å². The number of aliphatic hydroxyl groups is 1. The first kappa shape index (κ1) is 13.4. The van der Waals surface area contributed by atoms with Crippen molar-refractivity contribution in [3.63, 3.8) is 0 Å². The minimum atomic E-state index is -0.331. The molecule has 5 heteroatoms. The predicted octanol–water partition coefficient (Wildman–Crippen LogP) is 0.875. The number of halogens is 1. The third kappa shape index (κ3) is 4.40. The second-order valence-electron chi connectivity index (χ2n) is 3.53. The maximum absolute atomic E-state index is 13.0. The van der Waals surface area contributed by atoms with Crippen molar-refractivity contribution < 1.29 is 19.0 Å². The zero-order valence-electron chi connectivity index (χ0n) is 9.70. The van der Waals surface area contributed by atoms with Crippen LogP contribution in [0.2, 0.25) is 0 Å². The highest BCUT2D eigenvalue weighted by molar-refractivity contribution is 5.75. The first-order valence-corrected chi connectivity index (χ1v) is 5.37. The highest BCUT2D eigenvalue weighted by Crippen LogP contribution is 2.19. The van der Waals surface area contributed by atoms with Crippen LogP contribution in [-0.4, -0.2) is 31.3 Å². The van der Waals surface area contributed by atoms with Crippen molar-refractivity contribution in [2.24, 2.45) is 0 Å². The van der Waals surface area contributed by atoms with Gasteiger partial charge in [0.05, 0.1) is 13.7 Å². The fourth-order valence-electron chi connectivity index (χ4n) is 1.47. The van der Waals surface area contributed by atoms with E-state index in [-0.39, 0.29) is 24.8 Å². The molecular weight excluding hydrogens is 225 g/mol. The molecule has 0 bridgehead atoms. The lowest BCUT2D eigenvalue weighted by atomic mass is 10.1. The van der Waals surface area contributed by atoms with Gasteiger partial charge >= 0.3 is 0 Å². The van der Waals surface area contributed by atoms with Gasteiger partial charge in [-0.25, -0.2) is 4.39 Å². The van der Waals surface area contributed by atoms with Gasteiger partial charge in [-0.1, -0.05) is 0 Å². The van der Waals surface area contributed by atoms with E-state index in [0.717, 1.165) is 0 Å². The molecule has 2 N–H and O–H groups in total. The molecule has 0 unspecified atom stereocenters. The lowest BCUT2D eigenvalue weighted by Gasteiger charge is -2.09. The van der Waals surface area contributed by atoms with Crippen molar-refractivity contribution in [1.29, 1.82) is 0 Å². The monoisotopic (exact) mass is 241 g/mol. The third-order valence-electron chi connectivity index (χ3n) is 2.30. The number of aliphatic hydroxyl groups excluding tert-OH is 1. The van der Waals surface area contributed by atoms with Crippen molar-refractivity contribution in [2.45, 2.75) is 12.8 Å². The summed E-state index contributed by atoms with van der Waals surface area (Å²) in [7, 11) is 1.51. The number of ether oxygens (including phenoxy) is 1. The van der Waals surface area contributed by atoms with Gasteiger partial charge in [-0.05, 0) is 30.2 Å². The lowest BCUT2D eigenvalue weighted by molar-refractivity contribution is -0.121. The topological polar surface area (TPSA) is 58.6 Å². The summed E-state index contributed by atoms with van der Waals surface area (Å²) in [6.45, 7) is 0.216. The van der Waals surface area contributed by atoms with E-state index in [4.69, 9.17) is 9.84 Å². The number of carbonyl (C=O) groups excluding carboxylic acids is 1.